The van der Waals surface area contributed by atoms with Crippen molar-refractivity contribution in [2.75, 3.05) is 19.8 Å². The maximum Gasteiger partial charge on any atom is 0.233 e. The van der Waals surface area contributed by atoms with Gasteiger partial charge in [0, 0.05) is 13.1 Å². The number of likely N-dealkylation sites (tertiary alicyclic amines) is 1. The molecule has 0 atom stereocenters. The lowest BCUT2D eigenvalue weighted by Crippen LogP contribution is -2.44. The van der Waals surface area contributed by atoms with E-state index in [0.29, 0.717) is 13.1 Å². The van der Waals surface area contributed by atoms with E-state index in [4.69, 9.17) is 0 Å². The first-order valence-electron chi connectivity index (χ1n) is 7.27. The number of amides is 1. The molecule has 1 aliphatic heterocycles. The van der Waals surface area contributed by atoms with Crippen molar-refractivity contribution in [2.24, 2.45) is 5.92 Å². The summed E-state index contributed by atoms with van der Waals surface area (Å²) in [5.41, 5.74) is 0.479. The lowest BCUT2D eigenvalue weighted by Gasteiger charge is -2.33. The molecule has 3 rings (SSSR count). The van der Waals surface area contributed by atoms with Crippen LogP contribution in [-0.2, 0) is 10.2 Å². The minimum absolute atomic E-state index is 0.111. The molecule has 0 spiro atoms. The molecular formula is C16H19F2NO. The van der Waals surface area contributed by atoms with E-state index in [2.05, 4.69) is 0 Å². The van der Waals surface area contributed by atoms with E-state index < -0.39 is 5.41 Å². The summed E-state index contributed by atoms with van der Waals surface area (Å²) in [5.74, 6) is -0.0257. The van der Waals surface area contributed by atoms with Crippen molar-refractivity contribution in [3.8, 4) is 0 Å². The van der Waals surface area contributed by atoms with E-state index in [1.165, 1.54) is 12.1 Å². The zero-order valence-corrected chi connectivity index (χ0v) is 11.4. The van der Waals surface area contributed by atoms with Crippen LogP contribution in [0.1, 0.15) is 31.2 Å². The third-order valence-electron chi connectivity index (χ3n) is 4.68. The quantitative estimate of drug-likeness (QED) is 0.832. The Bertz CT molecular complexity index is 488. The number of carbonyl (C=O) groups excluding carboxylic acids is 1. The highest BCUT2D eigenvalue weighted by atomic mass is 19.1. The van der Waals surface area contributed by atoms with Crippen molar-refractivity contribution in [1.29, 1.82) is 0 Å². The first-order chi connectivity index (χ1) is 9.65. The van der Waals surface area contributed by atoms with E-state index in [1.807, 2.05) is 4.90 Å². The van der Waals surface area contributed by atoms with Gasteiger partial charge in [-0.15, -0.1) is 0 Å². The summed E-state index contributed by atoms with van der Waals surface area (Å²) in [4.78, 5) is 14.6. The number of rotatable bonds is 3. The maximum atomic E-state index is 13.0. The molecule has 1 aromatic carbocycles. The van der Waals surface area contributed by atoms with Crippen LogP contribution in [0.5, 0.6) is 0 Å². The van der Waals surface area contributed by atoms with Gasteiger partial charge in [-0.05, 0) is 49.3 Å². The van der Waals surface area contributed by atoms with Crippen LogP contribution in [0.15, 0.2) is 24.3 Å². The van der Waals surface area contributed by atoms with Gasteiger partial charge in [0.1, 0.15) is 5.82 Å². The Hall–Kier alpha value is -1.45. The average molecular weight is 279 g/mol. The molecule has 2 nitrogen and oxygen atoms in total. The highest BCUT2D eigenvalue weighted by Gasteiger charge is 2.53. The first kappa shape index (κ1) is 13.5. The molecule has 0 radical (unpaired) electrons. The van der Waals surface area contributed by atoms with Crippen LogP contribution < -0.4 is 0 Å². The van der Waals surface area contributed by atoms with Gasteiger partial charge in [0.25, 0.3) is 0 Å². The minimum Gasteiger partial charge on any atom is -0.342 e. The second-order valence-electron chi connectivity index (χ2n) is 5.98. The topological polar surface area (TPSA) is 20.3 Å². The number of benzene rings is 1. The Balaban J connectivity index is 1.72. The molecule has 0 N–H and O–H groups in total. The molecule has 1 saturated heterocycles. The Morgan fingerprint density at radius 3 is 2.30 bits per heavy atom. The van der Waals surface area contributed by atoms with Gasteiger partial charge in [0.05, 0.1) is 12.1 Å². The highest BCUT2D eigenvalue weighted by molar-refractivity contribution is 5.91. The van der Waals surface area contributed by atoms with Crippen LogP contribution >= 0.6 is 0 Å². The van der Waals surface area contributed by atoms with Gasteiger partial charge in [-0.3, -0.25) is 9.18 Å². The van der Waals surface area contributed by atoms with Crippen molar-refractivity contribution >= 4 is 5.91 Å². The van der Waals surface area contributed by atoms with Gasteiger partial charge in [-0.2, -0.15) is 0 Å². The number of hydrogen-bond acceptors (Lipinski definition) is 1. The molecule has 1 aliphatic carbocycles. The predicted octanol–water partition coefficient (Wildman–Crippen LogP) is 3.07. The minimum atomic E-state index is -0.434. The fraction of sp³-hybridized carbons (Fsp3) is 0.562. The average Bonchev–Trinajstić information content (AvgIpc) is 3.29. The number of hydrogen-bond donors (Lipinski definition) is 0. The molecule has 108 valence electrons. The van der Waals surface area contributed by atoms with Gasteiger partial charge < -0.3 is 4.90 Å². The molecule has 1 heterocycles. The van der Waals surface area contributed by atoms with Crippen molar-refractivity contribution in [3.05, 3.63) is 35.6 Å². The molecule has 2 fully saturated rings. The Morgan fingerprint density at radius 2 is 1.80 bits per heavy atom. The number of nitrogens with zero attached hydrogens (tertiary/aromatic N) is 1. The molecule has 1 saturated carbocycles. The van der Waals surface area contributed by atoms with Crippen molar-refractivity contribution in [1.82, 2.24) is 4.90 Å². The van der Waals surface area contributed by atoms with Crippen LogP contribution in [-0.4, -0.2) is 30.6 Å². The van der Waals surface area contributed by atoms with Gasteiger partial charge >= 0.3 is 0 Å². The highest BCUT2D eigenvalue weighted by Crippen LogP contribution is 2.50. The summed E-state index contributed by atoms with van der Waals surface area (Å²) in [7, 11) is 0. The van der Waals surface area contributed by atoms with Crippen LogP contribution in [0.4, 0.5) is 8.78 Å². The largest absolute Gasteiger partial charge is 0.342 e. The number of piperidine rings is 1. The first-order valence-corrected chi connectivity index (χ1v) is 7.27. The van der Waals surface area contributed by atoms with E-state index in [0.717, 1.165) is 31.2 Å². The fourth-order valence-electron chi connectivity index (χ4n) is 3.11. The van der Waals surface area contributed by atoms with E-state index in [-0.39, 0.29) is 24.3 Å². The molecule has 20 heavy (non-hydrogen) atoms. The van der Waals surface area contributed by atoms with Gasteiger partial charge in [-0.25, -0.2) is 4.39 Å². The number of halogens is 2. The Labute approximate surface area is 117 Å². The molecule has 0 unspecified atom stereocenters. The van der Waals surface area contributed by atoms with Gasteiger partial charge in [-0.1, -0.05) is 12.1 Å². The molecular weight excluding hydrogens is 260 g/mol. The van der Waals surface area contributed by atoms with E-state index in [1.54, 1.807) is 12.1 Å². The van der Waals surface area contributed by atoms with Gasteiger partial charge in [0.15, 0.2) is 0 Å². The van der Waals surface area contributed by atoms with Gasteiger partial charge in [0.2, 0.25) is 5.91 Å². The van der Waals surface area contributed by atoms with E-state index >= 15 is 0 Å². The third kappa shape index (κ3) is 2.32. The summed E-state index contributed by atoms with van der Waals surface area (Å²) in [5, 5.41) is 0. The standard InChI is InChI=1S/C16H19F2NO/c17-11-12-5-9-19(10-6-12)15(20)16(7-8-16)13-1-3-14(18)4-2-13/h1-4,12H,5-11H2. The fourth-order valence-corrected chi connectivity index (χ4v) is 3.11. The smallest absolute Gasteiger partial charge is 0.233 e. The van der Waals surface area contributed by atoms with Crippen molar-refractivity contribution in [2.45, 2.75) is 31.1 Å². The summed E-state index contributed by atoms with van der Waals surface area (Å²) < 4.78 is 25.6. The zero-order chi connectivity index (χ0) is 14.2. The van der Waals surface area contributed by atoms with Crippen molar-refractivity contribution in [3.63, 3.8) is 0 Å². The molecule has 2 aliphatic rings. The molecule has 1 amide bonds. The van der Waals surface area contributed by atoms with Crippen LogP contribution in [0, 0.1) is 11.7 Å². The predicted molar refractivity (Wildman–Crippen MR) is 72.6 cm³/mol. The monoisotopic (exact) mass is 279 g/mol. The summed E-state index contributed by atoms with van der Waals surface area (Å²) >= 11 is 0. The number of alkyl halides is 1. The third-order valence-corrected chi connectivity index (χ3v) is 4.68. The van der Waals surface area contributed by atoms with Crippen molar-refractivity contribution < 1.29 is 13.6 Å². The van der Waals surface area contributed by atoms with Crippen LogP contribution in [0.25, 0.3) is 0 Å². The normalized spacial score (nSPS) is 21.8. The summed E-state index contributed by atoms with van der Waals surface area (Å²) in [6.45, 7) is 1.01. The molecule has 4 heteroatoms. The Kier molecular flexibility index (Phi) is 3.48. The number of carbonyl (C=O) groups is 1. The summed E-state index contributed by atoms with van der Waals surface area (Å²) in [6, 6.07) is 6.26. The molecule has 1 aromatic rings. The van der Waals surface area contributed by atoms with E-state index in [9.17, 15) is 13.6 Å². The van der Waals surface area contributed by atoms with Crippen LogP contribution in [0.3, 0.4) is 0 Å². The summed E-state index contributed by atoms with van der Waals surface area (Å²) in [6.07, 6.45) is 3.17. The second kappa shape index (κ2) is 5.15. The second-order valence-corrected chi connectivity index (χ2v) is 5.98. The van der Waals surface area contributed by atoms with Crippen LogP contribution in [0.2, 0.25) is 0 Å². The lowest BCUT2D eigenvalue weighted by atomic mass is 9.91. The Morgan fingerprint density at radius 1 is 1.20 bits per heavy atom. The SMILES string of the molecule is O=C(N1CCC(CF)CC1)C1(c2ccc(F)cc2)CC1. The molecule has 0 bridgehead atoms. The lowest BCUT2D eigenvalue weighted by molar-refractivity contribution is -0.135. The molecule has 0 aromatic heterocycles. The maximum absolute atomic E-state index is 13.0. The zero-order valence-electron chi connectivity index (χ0n) is 11.4.